The van der Waals surface area contributed by atoms with Crippen LogP contribution in [0.3, 0.4) is 0 Å². The van der Waals surface area contributed by atoms with Gasteiger partial charge in [-0.25, -0.2) is 9.97 Å². The van der Waals surface area contributed by atoms with Crippen LogP contribution in [-0.2, 0) is 6.54 Å². The van der Waals surface area contributed by atoms with E-state index in [0.717, 1.165) is 23.0 Å². The van der Waals surface area contributed by atoms with Gasteiger partial charge in [-0.1, -0.05) is 0 Å². The largest absolute Gasteiger partial charge is 0.490 e. The maximum Gasteiger partial charge on any atom is 0.163 e. The van der Waals surface area contributed by atoms with Crippen LogP contribution in [0.15, 0.2) is 36.7 Å². The maximum atomic E-state index is 5.59. The first-order valence-electron chi connectivity index (χ1n) is 6.73. The number of anilines is 1. The number of nitrogens with one attached hydrogen (secondary N) is 1. The molecule has 2 rings (SSSR count). The highest BCUT2D eigenvalue weighted by Gasteiger charge is 2.06. The highest BCUT2D eigenvalue weighted by molar-refractivity contribution is 5.54. The lowest BCUT2D eigenvalue weighted by Crippen LogP contribution is -2.04. The van der Waals surface area contributed by atoms with Crippen LogP contribution < -0.4 is 14.8 Å². The fourth-order valence-electron chi connectivity index (χ4n) is 1.76. The molecule has 5 nitrogen and oxygen atoms in total. The van der Waals surface area contributed by atoms with E-state index in [1.54, 1.807) is 18.5 Å². The molecule has 0 radical (unpaired) electrons. The summed E-state index contributed by atoms with van der Waals surface area (Å²) < 4.78 is 11.1. The Morgan fingerprint density at radius 2 is 1.70 bits per heavy atom. The molecule has 0 fully saturated rings. The normalized spacial score (nSPS) is 10.1. The van der Waals surface area contributed by atoms with E-state index in [0.29, 0.717) is 19.8 Å². The monoisotopic (exact) mass is 273 g/mol. The predicted octanol–water partition coefficient (Wildman–Crippen LogP) is 2.89. The average molecular weight is 273 g/mol. The first-order valence-corrected chi connectivity index (χ1v) is 6.73. The van der Waals surface area contributed by atoms with Crippen molar-refractivity contribution in [2.45, 2.75) is 20.4 Å². The Hall–Kier alpha value is -2.30. The molecule has 0 bridgehead atoms. The van der Waals surface area contributed by atoms with Gasteiger partial charge in [0.1, 0.15) is 5.82 Å². The van der Waals surface area contributed by atoms with Gasteiger partial charge in [-0.2, -0.15) is 0 Å². The third-order valence-electron chi connectivity index (χ3n) is 2.61. The minimum Gasteiger partial charge on any atom is -0.490 e. The molecule has 0 aliphatic carbocycles. The highest BCUT2D eigenvalue weighted by Crippen LogP contribution is 2.30. The van der Waals surface area contributed by atoms with Crippen molar-refractivity contribution in [2.75, 3.05) is 18.5 Å². The second-order valence-electron chi connectivity index (χ2n) is 4.05. The fourth-order valence-corrected chi connectivity index (χ4v) is 1.76. The Morgan fingerprint density at radius 3 is 2.40 bits per heavy atom. The van der Waals surface area contributed by atoms with Crippen LogP contribution in [0.2, 0.25) is 0 Å². The molecule has 0 unspecified atom stereocenters. The van der Waals surface area contributed by atoms with Gasteiger partial charge in [0.05, 0.1) is 19.8 Å². The SMILES string of the molecule is CCOc1ccc(NCc2ncccn2)cc1OCC. The Balaban J connectivity index is 2.06. The second kappa shape index (κ2) is 7.33. The van der Waals surface area contributed by atoms with Crippen LogP contribution in [0.1, 0.15) is 19.7 Å². The van der Waals surface area contributed by atoms with Crippen LogP contribution >= 0.6 is 0 Å². The summed E-state index contributed by atoms with van der Waals surface area (Å²) >= 11 is 0. The molecule has 0 aliphatic heterocycles. The van der Waals surface area contributed by atoms with E-state index in [9.17, 15) is 0 Å². The molecule has 0 atom stereocenters. The van der Waals surface area contributed by atoms with Crippen molar-refractivity contribution in [3.05, 3.63) is 42.5 Å². The summed E-state index contributed by atoms with van der Waals surface area (Å²) in [5.74, 6) is 2.25. The lowest BCUT2D eigenvalue weighted by molar-refractivity contribution is 0.288. The van der Waals surface area contributed by atoms with Crippen LogP contribution in [0.4, 0.5) is 5.69 Å². The smallest absolute Gasteiger partial charge is 0.163 e. The van der Waals surface area contributed by atoms with Gasteiger partial charge >= 0.3 is 0 Å². The second-order valence-corrected chi connectivity index (χ2v) is 4.05. The van der Waals surface area contributed by atoms with Gasteiger partial charge in [-0.15, -0.1) is 0 Å². The molecule has 20 heavy (non-hydrogen) atoms. The van der Waals surface area contributed by atoms with E-state index in [4.69, 9.17) is 9.47 Å². The van der Waals surface area contributed by atoms with E-state index < -0.39 is 0 Å². The fraction of sp³-hybridized carbons (Fsp3) is 0.333. The van der Waals surface area contributed by atoms with E-state index in [1.165, 1.54) is 0 Å². The Labute approximate surface area is 119 Å². The molecule has 0 spiro atoms. The van der Waals surface area contributed by atoms with Crippen molar-refractivity contribution in [3.8, 4) is 11.5 Å². The molecule has 1 N–H and O–H groups in total. The number of hydrogen-bond donors (Lipinski definition) is 1. The zero-order chi connectivity index (χ0) is 14.2. The molecule has 1 aromatic carbocycles. The molecule has 1 aromatic heterocycles. The van der Waals surface area contributed by atoms with Gasteiger partial charge in [0.25, 0.3) is 0 Å². The molecular weight excluding hydrogens is 254 g/mol. The van der Waals surface area contributed by atoms with Gasteiger partial charge in [0, 0.05) is 24.1 Å². The number of rotatable bonds is 7. The molecule has 106 valence electrons. The lowest BCUT2D eigenvalue weighted by atomic mass is 10.2. The van der Waals surface area contributed by atoms with Crippen molar-refractivity contribution in [1.29, 1.82) is 0 Å². The van der Waals surface area contributed by atoms with Gasteiger partial charge in [-0.05, 0) is 32.0 Å². The Bertz CT molecular complexity index is 532. The first kappa shape index (κ1) is 14.1. The van der Waals surface area contributed by atoms with Crippen molar-refractivity contribution in [1.82, 2.24) is 9.97 Å². The third-order valence-corrected chi connectivity index (χ3v) is 2.61. The predicted molar refractivity (Wildman–Crippen MR) is 78.1 cm³/mol. The summed E-state index contributed by atoms with van der Waals surface area (Å²) in [5, 5.41) is 3.27. The summed E-state index contributed by atoms with van der Waals surface area (Å²) in [7, 11) is 0. The average Bonchev–Trinajstić information content (AvgIpc) is 2.49. The van der Waals surface area contributed by atoms with E-state index in [1.807, 2.05) is 32.0 Å². The molecule has 0 amide bonds. The summed E-state index contributed by atoms with van der Waals surface area (Å²) in [4.78, 5) is 8.34. The van der Waals surface area contributed by atoms with Gasteiger partial charge in [0.15, 0.2) is 11.5 Å². The number of benzene rings is 1. The Morgan fingerprint density at radius 1 is 1.00 bits per heavy atom. The van der Waals surface area contributed by atoms with Crippen LogP contribution in [-0.4, -0.2) is 23.2 Å². The number of ether oxygens (including phenoxy) is 2. The van der Waals surface area contributed by atoms with E-state index >= 15 is 0 Å². The quantitative estimate of drug-likeness (QED) is 0.840. The molecule has 1 heterocycles. The lowest BCUT2D eigenvalue weighted by Gasteiger charge is -2.13. The minimum absolute atomic E-state index is 0.570. The molecule has 5 heteroatoms. The van der Waals surface area contributed by atoms with Crippen molar-refractivity contribution >= 4 is 5.69 Å². The molecule has 2 aromatic rings. The molecule has 0 saturated carbocycles. The zero-order valence-electron chi connectivity index (χ0n) is 11.8. The standard InChI is InChI=1S/C15H19N3O2/c1-3-19-13-7-6-12(10-14(13)20-4-2)18-11-15-16-8-5-9-17-15/h5-10,18H,3-4,11H2,1-2H3. The van der Waals surface area contributed by atoms with Crippen molar-refractivity contribution in [3.63, 3.8) is 0 Å². The number of hydrogen-bond acceptors (Lipinski definition) is 5. The van der Waals surface area contributed by atoms with Crippen LogP contribution in [0.25, 0.3) is 0 Å². The summed E-state index contributed by atoms with van der Waals surface area (Å²) in [6.45, 7) is 5.69. The topological polar surface area (TPSA) is 56.3 Å². The Kier molecular flexibility index (Phi) is 5.17. The summed E-state index contributed by atoms with van der Waals surface area (Å²) in [6.07, 6.45) is 3.46. The van der Waals surface area contributed by atoms with E-state index in [-0.39, 0.29) is 0 Å². The zero-order valence-corrected chi connectivity index (χ0v) is 11.8. The van der Waals surface area contributed by atoms with Crippen molar-refractivity contribution < 1.29 is 9.47 Å². The number of nitrogens with zero attached hydrogens (tertiary/aromatic N) is 2. The van der Waals surface area contributed by atoms with Crippen LogP contribution in [0, 0.1) is 0 Å². The van der Waals surface area contributed by atoms with Gasteiger partial charge in [-0.3, -0.25) is 0 Å². The van der Waals surface area contributed by atoms with Crippen LogP contribution in [0.5, 0.6) is 11.5 Å². The molecular formula is C15H19N3O2. The van der Waals surface area contributed by atoms with Gasteiger partial charge in [0.2, 0.25) is 0 Å². The minimum atomic E-state index is 0.570. The highest BCUT2D eigenvalue weighted by atomic mass is 16.5. The van der Waals surface area contributed by atoms with Gasteiger partial charge < -0.3 is 14.8 Å². The molecule has 0 aliphatic rings. The summed E-state index contributed by atoms with van der Waals surface area (Å²) in [5.41, 5.74) is 0.948. The number of aromatic nitrogens is 2. The first-order chi connectivity index (χ1) is 9.83. The van der Waals surface area contributed by atoms with E-state index in [2.05, 4.69) is 15.3 Å². The van der Waals surface area contributed by atoms with Crippen molar-refractivity contribution in [2.24, 2.45) is 0 Å². The third kappa shape index (κ3) is 3.85. The molecule has 0 saturated heterocycles. The maximum absolute atomic E-state index is 5.59. The summed E-state index contributed by atoms with van der Waals surface area (Å²) in [6, 6.07) is 7.59.